The van der Waals surface area contributed by atoms with Crippen molar-refractivity contribution in [2.24, 2.45) is 11.3 Å². The van der Waals surface area contributed by atoms with Gasteiger partial charge in [0.15, 0.2) is 0 Å². The predicted molar refractivity (Wildman–Crippen MR) is 62.9 cm³/mol. The second-order valence-corrected chi connectivity index (χ2v) is 6.04. The van der Waals surface area contributed by atoms with Gasteiger partial charge in [0.1, 0.15) is 0 Å². The van der Waals surface area contributed by atoms with E-state index in [2.05, 4.69) is 17.3 Å². The minimum absolute atomic E-state index is 0.781. The first-order valence-corrected chi connectivity index (χ1v) is 6.71. The number of nitrogens with one attached hydrogen (secondary N) is 1. The number of nitrogens with zero attached hydrogens (tertiary/aromatic N) is 1. The van der Waals surface area contributed by atoms with E-state index in [4.69, 9.17) is 0 Å². The van der Waals surface area contributed by atoms with Gasteiger partial charge in [-0.2, -0.15) is 0 Å². The first-order valence-electron chi connectivity index (χ1n) is 6.71. The van der Waals surface area contributed by atoms with Gasteiger partial charge in [-0.05, 0) is 63.6 Å². The van der Waals surface area contributed by atoms with Crippen LogP contribution in [-0.2, 0) is 0 Å². The van der Waals surface area contributed by atoms with Gasteiger partial charge >= 0.3 is 0 Å². The Morgan fingerprint density at radius 1 is 1.27 bits per heavy atom. The molecular formula is C13H24N2. The monoisotopic (exact) mass is 208 g/mol. The van der Waals surface area contributed by atoms with Crippen molar-refractivity contribution in [1.82, 2.24) is 10.2 Å². The maximum absolute atomic E-state index is 3.49. The Morgan fingerprint density at radius 2 is 2.00 bits per heavy atom. The number of hydrogen-bond acceptors (Lipinski definition) is 2. The van der Waals surface area contributed by atoms with Crippen LogP contribution >= 0.6 is 0 Å². The second kappa shape index (κ2) is 3.74. The first kappa shape index (κ1) is 10.1. The molecule has 2 aliphatic carbocycles. The summed E-state index contributed by atoms with van der Waals surface area (Å²) >= 11 is 0. The highest BCUT2D eigenvalue weighted by molar-refractivity contribution is 5.05. The molecule has 0 aromatic heterocycles. The average Bonchev–Trinajstić information content (AvgIpc) is 2.76. The lowest BCUT2D eigenvalue weighted by Crippen LogP contribution is -2.39. The highest BCUT2D eigenvalue weighted by Crippen LogP contribution is 2.58. The maximum Gasteiger partial charge on any atom is 0.00923 e. The maximum atomic E-state index is 3.49. The molecule has 2 saturated carbocycles. The number of piperidine rings is 1. The Bertz CT molecular complexity index is 229. The van der Waals surface area contributed by atoms with E-state index in [0.29, 0.717) is 0 Å². The van der Waals surface area contributed by atoms with Crippen molar-refractivity contribution in [3.63, 3.8) is 0 Å². The molecule has 1 heterocycles. The van der Waals surface area contributed by atoms with E-state index in [1.54, 1.807) is 0 Å². The Kier molecular flexibility index (Phi) is 2.52. The molecule has 0 aromatic carbocycles. The van der Waals surface area contributed by atoms with Crippen LogP contribution in [0.2, 0.25) is 0 Å². The van der Waals surface area contributed by atoms with Crippen molar-refractivity contribution in [1.29, 1.82) is 0 Å². The largest absolute Gasteiger partial charge is 0.317 e. The van der Waals surface area contributed by atoms with Gasteiger partial charge in [-0.25, -0.2) is 0 Å². The van der Waals surface area contributed by atoms with Crippen molar-refractivity contribution < 1.29 is 0 Å². The summed E-state index contributed by atoms with van der Waals surface area (Å²) in [4.78, 5) is 2.64. The molecule has 2 nitrogen and oxygen atoms in total. The van der Waals surface area contributed by atoms with E-state index in [9.17, 15) is 0 Å². The molecule has 1 N–H and O–H groups in total. The Balaban J connectivity index is 1.48. The van der Waals surface area contributed by atoms with Crippen LogP contribution in [0.1, 0.15) is 38.5 Å². The Labute approximate surface area is 93.4 Å². The van der Waals surface area contributed by atoms with E-state index in [1.165, 1.54) is 58.2 Å². The molecule has 0 radical (unpaired) electrons. The molecule has 0 aromatic rings. The van der Waals surface area contributed by atoms with E-state index in [0.717, 1.165) is 17.4 Å². The normalized spacial score (nSPS) is 34.4. The molecule has 1 spiro atoms. The second-order valence-electron chi connectivity index (χ2n) is 6.04. The molecule has 3 rings (SSSR count). The molecule has 2 heteroatoms. The quantitative estimate of drug-likeness (QED) is 0.761. The highest BCUT2D eigenvalue weighted by Gasteiger charge is 2.53. The molecule has 0 bridgehead atoms. The van der Waals surface area contributed by atoms with Crippen LogP contribution in [0.15, 0.2) is 0 Å². The third-order valence-corrected chi connectivity index (χ3v) is 5.16. The van der Waals surface area contributed by atoms with Crippen LogP contribution in [0.4, 0.5) is 0 Å². The van der Waals surface area contributed by atoms with E-state index >= 15 is 0 Å². The third kappa shape index (κ3) is 1.83. The molecule has 1 atom stereocenters. The molecule has 3 aliphatic rings. The lowest BCUT2D eigenvalue weighted by Gasteiger charge is -2.35. The Morgan fingerprint density at radius 3 is 2.60 bits per heavy atom. The van der Waals surface area contributed by atoms with E-state index in [1.807, 2.05) is 0 Å². The van der Waals surface area contributed by atoms with Crippen molar-refractivity contribution >= 4 is 0 Å². The van der Waals surface area contributed by atoms with Gasteiger partial charge in [-0.3, -0.25) is 0 Å². The summed E-state index contributed by atoms with van der Waals surface area (Å²) < 4.78 is 0. The van der Waals surface area contributed by atoms with Gasteiger partial charge in [0.05, 0.1) is 0 Å². The number of hydrogen-bond donors (Lipinski definition) is 1. The molecule has 15 heavy (non-hydrogen) atoms. The van der Waals surface area contributed by atoms with Gasteiger partial charge in [0.2, 0.25) is 0 Å². The summed E-state index contributed by atoms with van der Waals surface area (Å²) in [6.45, 7) is 3.91. The summed E-state index contributed by atoms with van der Waals surface area (Å²) in [5.41, 5.74) is 0.781. The average molecular weight is 208 g/mol. The lowest BCUT2D eigenvalue weighted by atomic mass is 9.89. The topological polar surface area (TPSA) is 15.3 Å². The summed E-state index contributed by atoms with van der Waals surface area (Å²) in [6, 6.07) is 0.935. The summed E-state index contributed by atoms with van der Waals surface area (Å²) in [5.74, 6) is 1.03. The zero-order chi connectivity index (χ0) is 10.3. The standard InChI is InChI=1S/C13H24N2/c1-15(12-3-2-4-12)10-11-9-13(11)5-7-14-8-6-13/h11-12,14H,2-10H2,1H3. The zero-order valence-electron chi connectivity index (χ0n) is 9.97. The van der Waals surface area contributed by atoms with Crippen LogP contribution in [-0.4, -0.2) is 37.6 Å². The van der Waals surface area contributed by atoms with Crippen LogP contribution < -0.4 is 5.32 Å². The van der Waals surface area contributed by atoms with Crippen molar-refractivity contribution in [3.8, 4) is 0 Å². The SMILES string of the molecule is CN(CC1CC12CCNCC2)C1CCC1. The fourth-order valence-corrected chi connectivity index (χ4v) is 3.55. The molecular weight excluding hydrogens is 184 g/mol. The van der Waals surface area contributed by atoms with Gasteiger partial charge in [-0.15, -0.1) is 0 Å². The smallest absolute Gasteiger partial charge is 0.00923 e. The van der Waals surface area contributed by atoms with E-state index in [-0.39, 0.29) is 0 Å². The Hall–Kier alpha value is -0.0800. The van der Waals surface area contributed by atoms with Crippen LogP contribution in [0, 0.1) is 11.3 Å². The highest BCUT2D eigenvalue weighted by atomic mass is 15.1. The summed E-state index contributed by atoms with van der Waals surface area (Å²) in [6.07, 6.45) is 8.78. The van der Waals surface area contributed by atoms with Gasteiger partial charge in [-0.1, -0.05) is 6.42 Å². The molecule has 1 unspecified atom stereocenters. The van der Waals surface area contributed by atoms with Crippen molar-refractivity contribution in [2.75, 3.05) is 26.7 Å². The zero-order valence-corrected chi connectivity index (χ0v) is 9.97. The summed E-state index contributed by atoms with van der Waals surface area (Å²) in [5, 5.41) is 3.49. The molecule has 3 fully saturated rings. The molecule has 86 valence electrons. The lowest BCUT2D eigenvalue weighted by molar-refractivity contribution is 0.143. The summed E-state index contributed by atoms with van der Waals surface area (Å²) in [7, 11) is 2.34. The van der Waals surface area contributed by atoms with Crippen molar-refractivity contribution in [3.05, 3.63) is 0 Å². The van der Waals surface area contributed by atoms with Gasteiger partial charge in [0.25, 0.3) is 0 Å². The van der Waals surface area contributed by atoms with Crippen molar-refractivity contribution in [2.45, 2.75) is 44.6 Å². The van der Waals surface area contributed by atoms with Crippen LogP contribution in [0.5, 0.6) is 0 Å². The minimum Gasteiger partial charge on any atom is -0.317 e. The van der Waals surface area contributed by atoms with Gasteiger partial charge in [0, 0.05) is 12.6 Å². The third-order valence-electron chi connectivity index (χ3n) is 5.16. The molecule has 1 aliphatic heterocycles. The predicted octanol–water partition coefficient (Wildman–Crippen LogP) is 1.86. The molecule has 1 saturated heterocycles. The van der Waals surface area contributed by atoms with E-state index < -0.39 is 0 Å². The minimum atomic E-state index is 0.781. The number of rotatable bonds is 3. The van der Waals surface area contributed by atoms with Crippen LogP contribution in [0.25, 0.3) is 0 Å². The van der Waals surface area contributed by atoms with Crippen LogP contribution in [0.3, 0.4) is 0 Å². The molecule has 0 amide bonds. The van der Waals surface area contributed by atoms with Gasteiger partial charge < -0.3 is 10.2 Å². The fraction of sp³-hybridized carbons (Fsp3) is 1.00. The first-order chi connectivity index (χ1) is 7.30. The fourth-order valence-electron chi connectivity index (χ4n) is 3.55.